The Hall–Kier alpha value is -1.81. The summed E-state index contributed by atoms with van der Waals surface area (Å²) >= 11 is 0. The molecular formula is C14H15N. The third-order valence-electron chi connectivity index (χ3n) is 1.88. The van der Waals surface area contributed by atoms with Crippen LogP contribution in [0.5, 0.6) is 0 Å². The predicted octanol–water partition coefficient (Wildman–Crippen LogP) is 3.63. The van der Waals surface area contributed by atoms with Crippen molar-refractivity contribution >= 4 is 10.8 Å². The molecule has 0 atom stereocenters. The molecular weight excluding hydrogens is 182 g/mol. The van der Waals surface area contributed by atoms with E-state index in [9.17, 15) is 0 Å². The van der Waals surface area contributed by atoms with Crippen molar-refractivity contribution in [3.63, 3.8) is 0 Å². The van der Waals surface area contributed by atoms with Crippen LogP contribution in [0.2, 0.25) is 0 Å². The Morgan fingerprint density at radius 1 is 1.07 bits per heavy atom. The fourth-order valence-corrected chi connectivity index (χ4v) is 1.28. The monoisotopic (exact) mass is 197 g/mol. The normalized spacial score (nSPS) is 8.47. The molecule has 0 spiro atoms. The molecule has 1 aromatic carbocycles. The van der Waals surface area contributed by atoms with Crippen LogP contribution in [0.25, 0.3) is 10.8 Å². The van der Waals surface area contributed by atoms with Gasteiger partial charge in [-0.25, -0.2) is 4.98 Å². The van der Waals surface area contributed by atoms with E-state index in [2.05, 4.69) is 22.9 Å². The standard InChI is InChI=1S/C12H9N.C2H6/c1-2-5-12-8-10-6-3-4-7-11(10)9-13-12;1-2/h3-4,6-9H,1H3;1-2H3. The molecule has 2 aromatic rings. The van der Waals surface area contributed by atoms with Crippen molar-refractivity contribution in [2.45, 2.75) is 20.8 Å². The van der Waals surface area contributed by atoms with E-state index in [1.54, 1.807) is 0 Å². The van der Waals surface area contributed by atoms with Gasteiger partial charge in [-0.2, -0.15) is 0 Å². The predicted molar refractivity (Wildman–Crippen MR) is 65.6 cm³/mol. The Morgan fingerprint density at radius 2 is 1.73 bits per heavy atom. The minimum Gasteiger partial charge on any atom is -0.247 e. The molecule has 2 rings (SSSR count). The molecule has 0 saturated carbocycles. The van der Waals surface area contributed by atoms with Crippen LogP contribution in [-0.2, 0) is 0 Å². The largest absolute Gasteiger partial charge is 0.247 e. The van der Waals surface area contributed by atoms with Gasteiger partial charge >= 0.3 is 0 Å². The van der Waals surface area contributed by atoms with Gasteiger partial charge in [0.1, 0.15) is 5.69 Å². The number of rotatable bonds is 0. The van der Waals surface area contributed by atoms with Gasteiger partial charge in [-0.1, -0.05) is 44.0 Å². The minimum atomic E-state index is 0.834. The van der Waals surface area contributed by atoms with Crippen molar-refractivity contribution in [1.29, 1.82) is 0 Å². The van der Waals surface area contributed by atoms with Gasteiger partial charge in [-0.3, -0.25) is 0 Å². The summed E-state index contributed by atoms with van der Waals surface area (Å²) in [6, 6.07) is 10.1. The van der Waals surface area contributed by atoms with Crippen molar-refractivity contribution in [1.82, 2.24) is 4.98 Å². The van der Waals surface area contributed by atoms with Crippen LogP contribution in [0.3, 0.4) is 0 Å². The summed E-state index contributed by atoms with van der Waals surface area (Å²) in [5.74, 6) is 5.77. The molecule has 0 saturated heterocycles. The van der Waals surface area contributed by atoms with Crippen molar-refractivity contribution in [2.24, 2.45) is 0 Å². The fraction of sp³-hybridized carbons (Fsp3) is 0.214. The maximum atomic E-state index is 4.22. The lowest BCUT2D eigenvalue weighted by Crippen LogP contribution is -1.81. The van der Waals surface area contributed by atoms with E-state index in [0.717, 1.165) is 11.1 Å². The third-order valence-corrected chi connectivity index (χ3v) is 1.88. The van der Waals surface area contributed by atoms with Crippen LogP contribution in [0.4, 0.5) is 0 Å². The minimum absolute atomic E-state index is 0.834. The molecule has 1 heteroatoms. The number of pyridine rings is 1. The molecule has 0 amide bonds. The highest BCUT2D eigenvalue weighted by molar-refractivity contribution is 5.82. The van der Waals surface area contributed by atoms with E-state index in [1.165, 1.54) is 5.39 Å². The average Bonchev–Trinajstić information content (AvgIpc) is 2.32. The van der Waals surface area contributed by atoms with Gasteiger partial charge in [0.2, 0.25) is 0 Å². The van der Waals surface area contributed by atoms with E-state index in [1.807, 2.05) is 51.2 Å². The highest BCUT2D eigenvalue weighted by Crippen LogP contribution is 2.12. The zero-order chi connectivity index (χ0) is 11.1. The molecule has 1 nitrogen and oxygen atoms in total. The molecule has 0 radical (unpaired) electrons. The topological polar surface area (TPSA) is 12.9 Å². The van der Waals surface area contributed by atoms with Gasteiger partial charge in [0, 0.05) is 11.6 Å². The highest BCUT2D eigenvalue weighted by Gasteiger charge is 1.92. The lowest BCUT2D eigenvalue weighted by Gasteiger charge is -1.95. The second-order valence-corrected chi connectivity index (χ2v) is 2.79. The third kappa shape index (κ3) is 2.82. The van der Waals surface area contributed by atoms with E-state index in [0.29, 0.717) is 0 Å². The summed E-state index contributed by atoms with van der Waals surface area (Å²) < 4.78 is 0. The summed E-state index contributed by atoms with van der Waals surface area (Å²) in [4.78, 5) is 4.22. The summed E-state index contributed by atoms with van der Waals surface area (Å²) in [7, 11) is 0. The Morgan fingerprint density at radius 3 is 2.40 bits per heavy atom. The number of nitrogens with zero attached hydrogens (tertiary/aromatic N) is 1. The smallest absolute Gasteiger partial charge is 0.113 e. The van der Waals surface area contributed by atoms with Crippen molar-refractivity contribution in [3.8, 4) is 11.8 Å². The quantitative estimate of drug-likeness (QED) is 0.588. The van der Waals surface area contributed by atoms with Crippen LogP contribution < -0.4 is 0 Å². The van der Waals surface area contributed by atoms with E-state index in [-0.39, 0.29) is 0 Å². The first kappa shape index (κ1) is 11.3. The number of fused-ring (bicyclic) bond motifs is 1. The first-order valence-electron chi connectivity index (χ1n) is 5.18. The van der Waals surface area contributed by atoms with Crippen LogP contribution in [0.15, 0.2) is 36.5 Å². The van der Waals surface area contributed by atoms with Crippen molar-refractivity contribution in [3.05, 3.63) is 42.2 Å². The van der Waals surface area contributed by atoms with Crippen LogP contribution in [0, 0.1) is 11.8 Å². The van der Waals surface area contributed by atoms with Gasteiger partial charge in [0.15, 0.2) is 0 Å². The lowest BCUT2D eigenvalue weighted by molar-refractivity contribution is 1.32. The van der Waals surface area contributed by atoms with Crippen molar-refractivity contribution in [2.75, 3.05) is 0 Å². The summed E-state index contributed by atoms with van der Waals surface area (Å²) in [5.41, 5.74) is 0.834. The molecule has 0 bridgehead atoms. The second kappa shape index (κ2) is 5.82. The SMILES string of the molecule is CC.CC#Cc1cc2ccccc2cn1. The molecule has 0 unspecified atom stereocenters. The van der Waals surface area contributed by atoms with E-state index >= 15 is 0 Å². The molecule has 1 aromatic heterocycles. The van der Waals surface area contributed by atoms with Crippen molar-refractivity contribution < 1.29 is 0 Å². The highest BCUT2D eigenvalue weighted by atomic mass is 14.7. The Kier molecular flexibility index (Phi) is 4.37. The van der Waals surface area contributed by atoms with Crippen LogP contribution in [-0.4, -0.2) is 4.98 Å². The zero-order valence-electron chi connectivity index (χ0n) is 9.41. The molecule has 0 aliphatic heterocycles. The van der Waals surface area contributed by atoms with Gasteiger partial charge in [-0.15, -0.1) is 0 Å². The summed E-state index contributed by atoms with van der Waals surface area (Å²) in [5, 5.41) is 2.35. The fourth-order valence-electron chi connectivity index (χ4n) is 1.28. The van der Waals surface area contributed by atoms with Gasteiger partial charge < -0.3 is 0 Å². The first-order chi connectivity index (χ1) is 7.40. The molecule has 15 heavy (non-hydrogen) atoms. The van der Waals surface area contributed by atoms with Crippen LogP contribution in [0.1, 0.15) is 26.5 Å². The Bertz CT molecular complexity index is 489. The molecule has 0 N–H and O–H groups in total. The van der Waals surface area contributed by atoms with Crippen LogP contribution >= 0.6 is 0 Å². The van der Waals surface area contributed by atoms with Gasteiger partial charge in [-0.05, 0) is 24.3 Å². The second-order valence-electron chi connectivity index (χ2n) is 2.79. The molecule has 0 aliphatic carbocycles. The van der Waals surface area contributed by atoms with Gasteiger partial charge in [0.25, 0.3) is 0 Å². The Balaban J connectivity index is 0.000000531. The maximum absolute atomic E-state index is 4.22. The number of aromatic nitrogens is 1. The number of benzene rings is 1. The molecule has 0 aliphatic rings. The lowest BCUT2D eigenvalue weighted by atomic mass is 10.1. The van der Waals surface area contributed by atoms with E-state index in [4.69, 9.17) is 0 Å². The Labute approximate surface area is 91.2 Å². The zero-order valence-corrected chi connectivity index (χ0v) is 9.41. The maximum Gasteiger partial charge on any atom is 0.113 e. The molecule has 76 valence electrons. The number of hydrogen-bond donors (Lipinski definition) is 0. The molecule has 1 heterocycles. The number of hydrogen-bond acceptors (Lipinski definition) is 1. The average molecular weight is 197 g/mol. The van der Waals surface area contributed by atoms with Gasteiger partial charge in [0.05, 0.1) is 0 Å². The van der Waals surface area contributed by atoms with E-state index < -0.39 is 0 Å². The summed E-state index contributed by atoms with van der Waals surface area (Å²) in [6.07, 6.45) is 1.86. The molecule has 0 fully saturated rings. The summed E-state index contributed by atoms with van der Waals surface area (Å²) in [6.45, 7) is 5.82. The first-order valence-corrected chi connectivity index (χ1v) is 5.18.